The van der Waals surface area contributed by atoms with Crippen LogP contribution in [0.3, 0.4) is 0 Å². The van der Waals surface area contributed by atoms with E-state index in [0.29, 0.717) is 35.7 Å². The third-order valence-electron chi connectivity index (χ3n) is 4.03. The van der Waals surface area contributed by atoms with E-state index in [1.807, 2.05) is 26.1 Å². The lowest BCUT2D eigenvalue weighted by Crippen LogP contribution is -2.36. The summed E-state index contributed by atoms with van der Waals surface area (Å²) in [5, 5.41) is 3.45. The van der Waals surface area contributed by atoms with E-state index in [0.717, 1.165) is 6.42 Å². The zero-order valence-corrected chi connectivity index (χ0v) is 14.2. The molecule has 1 aromatic rings. The number of likely N-dealkylation sites (N-methyl/N-ethyl adjacent to an activating group) is 1. The highest BCUT2D eigenvalue weighted by Gasteiger charge is 2.21. The molecule has 1 fully saturated rings. The summed E-state index contributed by atoms with van der Waals surface area (Å²) in [5.74, 6) is 0.529. The average Bonchev–Trinajstić information content (AvgIpc) is 3.01. The number of nitrogens with zero attached hydrogens (tertiary/aromatic N) is 1. The Kier molecular flexibility index (Phi) is 6.52. The zero-order valence-electron chi connectivity index (χ0n) is 13.4. The lowest BCUT2D eigenvalue weighted by Gasteiger charge is -2.23. The standard InChI is InChI=1S/C17H25ClN2O2/c1-3-11-22-17-14(18)9-6-10-15(17)19-16(21)12-20(2)13-7-4-5-8-13/h6,9-10,13H,3-5,7-8,11-12H2,1-2H3,(H,19,21). The Labute approximate surface area is 137 Å². The van der Waals surface area contributed by atoms with Gasteiger partial charge in [0.25, 0.3) is 0 Å². The van der Waals surface area contributed by atoms with E-state index < -0.39 is 0 Å². The van der Waals surface area contributed by atoms with Crippen molar-refractivity contribution in [3.63, 3.8) is 0 Å². The van der Waals surface area contributed by atoms with Crippen LogP contribution < -0.4 is 10.1 Å². The smallest absolute Gasteiger partial charge is 0.238 e. The molecule has 4 nitrogen and oxygen atoms in total. The lowest BCUT2D eigenvalue weighted by atomic mass is 10.2. The van der Waals surface area contributed by atoms with Crippen LogP contribution in [0.15, 0.2) is 18.2 Å². The van der Waals surface area contributed by atoms with Crippen molar-refractivity contribution in [2.24, 2.45) is 0 Å². The van der Waals surface area contributed by atoms with Crippen molar-refractivity contribution in [1.82, 2.24) is 4.90 Å². The zero-order chi connectivity index (χ0) is 15.9. The number of hydrogen-bond acceptors (Lipinski definition) is 3. The minimum absolute atomic E-state index is 0.0296. The number of para-hydroxylation sites is 1. The topological polar surface area (TPSA) is 41.6 Å². The molecule has 0 aliphatic heterocycles. The van der Waals surface area contributed by atoms with Gasteiger partial charge < -0.3 is 10.1 Å². The van der Waals surface area contributed by atoms with Crippen LogP contribution in [-0.2, 0) is 4.79 Å². The molecule has 0 spiro atoms. The molecule has 22 heavy (non-hydrogen) atoms. The minimum Gasteiger partial charge on any atom is -0.490 e. The van der Waals surface area contributed by atoms with Crippen molar-refractivity contribution in [2.45, 2.75) is 45.1 Å². The van der Waals surface area contributed by atoms with E-state index in [2.05, 4.69) is 10.2 Å². The highest BCUT2D eigenvalue weighted by atomic mass is 35.5. The second-order valence-electron chi connectivity index (χ2n) is 5.87. The van der Waals surface area contributed by atoms with Gasteiger partial charge in [-0.15, -0.1) is 0 Å². The van der Waals surface area contributed by atoms with E-state index >= 15 is 0 Å². The lowest BCUT2D eigenvalue weighted by molar-refractivity contribution is -0.117. The SMILES string of the molecule is CCCOc1c(Cl)cccc1NC(=O)CN(C)C1CCCC1. The predicted octanol–water partition coefficient (Wildman–Crippen LogP) is 3.94. The van der Waals surface area contributed by atoms with Gasteiger partial charge in [0.05, 0.1) is 23.9 Å². The first kappa shape index (κ1) is 17.1. The number of carbonyl (C=O) groups is 1. The van der Waals surface area contributed by atoms with Gasteiger partial charge in [-0.1, -0.05) is 37.4 Å². The summed E-state index contributed by atoms with van der Waals surface area (Å²) in [4.78, 5) is 14.4. The molecule has 1 aromatic carbocycles. The van der Waals surface area contributed by atoms with Gasteiger partial charge in [0, 0.05) is 6.04 Å². The highest BCUT2D eigenvalue weighted by molar-refractivity contribution is 6.32. The average molecular weight is 325 g/mol. The fourth-order valence-corrected chi connectivity index (χ4v) is 3.08. The molecule has 2 rings (SSSR count). The first-order chi connectivity index (χ1) is 10.6. The summed E-state index contributed by atoms with van der Waals surface area (Å²) in [6.45, 7) is 3.00. The number of ether oxygens (including phenoxy) is 1. The second-order valence-corrected chi connectivity index (χ2v) is 6.27. The number of benzene rings is 1. The van der Waals surface area contributed by atoms with Crippen molar-refractivity contribution < 1.29 is 9.53 Å². The van der Waals surface area contributed by atoms with Crippen LogP contribution in [0.4, 0.5) is 5.69 Å². The van der Waals surface area contributed by atoms with Gasteiger partial charge in [-0.2, -0.15) is 0 Å². The first-order valence-corrected chi connectivity index (χ1v) is 8.41. The Hall–Kier alpha value is -1.26. The molecular formula is C17H25ClN2O2. The largest absolute Gasteiger partial charge is 0.490 e. The van der Waals surface area contributed by atoms with E-state index in [4.69, 9.17) is 16.3 Å². The molecule has 0 radical (unpaired) electrons. The third kappa shape index (κ3) is 4.62. The van der Waals surface area contributed by atoms with Crippen molar-refractivity contribution >= 4 is 23.2 Å². The quantitative estimate of drug-likeness (QED) is 0.826. The molecule has 0 saturated heterocycles. The Morgan fingerprint density at radius 3 is 2.82 bits per heavy atom. The van der Waals surface area contributed by atoms with Crippen LogP contribution in [0.25, 0.3) is 0 Å². The van der Waals surface area contributed by atoms with Gasteiger partial charge in [-0.25, -0.2) is 0 Å². The summed E-state index contributed by atoms with van der Waals surface area (Å²) >= 11 is 6.17. The summed E-state index contributed by atoms with van der Waals surface area (Å²) in [5.41, 5.74) is 0.644. The number of amides is 1. The van der Waals surface area contributed by atoms with Crippen molar-refractivity contribution in [3.05, 3.63) is 23.2 Å². The molecule has 0 heterocycles. The summed E-state index contributed by atoms with van der Waals surface area (Å²) in [6, 6.07) is 5.94. The summed E-state index contributed by atoms with van der Waals surface area (Å²) < 4.78 is 5.66. The van der Waals surface area contributed by atoms with Gasteiger partial charge in [0.15, 0.2) is 5.75 Å². The molecule has 1 N–H and O–H groups in total. The van der Waals surface area contributed by atoms with E-state index in [-0.39, 0.29) is 5.91 Å². The number of hydrogen-bond donors (Lipinski definition) is 1. The number of halogens is 1. The van der Waals surface area contributed by atoms with Gasteiger partial charge in [0.2, 0.25) is 5.91 Å². The van der Waals surface area contributed by atoms with Crippen LogP contribution in [0, 0.1) is 0 Å². The predicted molar refractivity (Wildman–Crippen MR) is 90.8 cm³/mol. The monoisotopic (exact) mass is 324 g/mol. The number of nitrogens with one attached hydrogen (secondary N) is 1. The molecule has 0 bridgehead atoms. The Bertz CT molecular complexity index is 501. The molecule has 1 saturated carbocycles. The Morgan fingerprint density at radius 2 is 2.14 bits per heavy atom. The fourth-order valence-electron chi connectivity index (χ4n) is 2.85. The normalized spacial score (nSPS) is 15.3. The molecule has 5 heteroatoms. The molecular weight excluding hydrogens is 300 g/mol. The maximum atomic E-state index is 12.3. The first-order valence-electron chi connectivity index (χ1n) is 8.03. The summed E-state index contributed by atoms with van der Waals surface area (Å²) in [7, 11) is 2.02. The Balaban J connectivity index is 1.97. The third-order valence-corrected chi connectivity index (χ3v) is 4.33. The van der Waals surface area contributed by atoms with Gasteiger partial charge in [-0.05, 0) is 38.4 Å². The maximum Gasteiger partial charge on any atom is 0.238 e. The van der Waals surface area contributed by atoms with Crippen LogP contribution in [0.1, 0.15) is 39.0 Å². The minimum atomic E-state index is -0.0296. The van der Waals surface area contributed by atoms with Gasteiger partial charge in [0.1, 0.15) is 0 Å². The second kappa shape index (κ2) is 8.39. The van der Waals surface area contributed by atoms with Crippen LogP contribution in [0.5, 0.6) is 5.75 Å². The van der Waals surface area contributed by atoms with Crippen LogP contribution >= 0.6 is 11.6 Å². The molecule has 0 atom stereocenters. The van der Waals surface area contributed by atoms with E-state index in [1.54, 1.807) is 6.07 Å². The Morgan fingerprint density at radius 1 is 1.41 bits per heavy atom. The van der Waals surface area contributed by atoms with E-state index in [9.17, 15) is 4.79 Å². The molecule has 122 valence electrons. The molecule has 0 aromatic heterocycles. The molecule has 1 aliphatic rings. The number of carbonyl (C=O) groups excluding carboxylic acids is 1. The summed E-state index contributed by atoms with van der Waals surface area (Å²) in [6.07, 6.45) is 5.79. The van der Waals surface area contributed by atoms with Crippen molar-refractivity contribution in [1.29, 1.82) is 0 Å². The highest BCUT2D eigenvalue weighted by Crippen LogP contribution is 2.33. The van der Waals surface area contributed by atoms with Gasteiger partial charge in [-0.3, -0.25) is 9.69 Å². The molecule has 1 aliphatic carbocycles. The van der Waals surface area contributed by atoms with E-state index in [1.165, 1.54) is 25.7 Å². The van der Waals surface area contributed by atoms with Crippen molar-refractivity contribution in [2.75, 3.05) is 25.5 Å². The van der Waals surface area contributed by atoms with Crippen molar-refractivity contribution in [3.8, 4) is 5.75 Å². The number of rotatable bonds is 7. The molecule has 1 amide bonds. The molecule has 0 unspecified atom stereocenters. The van der Waals surface area contributed by atoms with Crippen LogP contribution in [-0.4, -0.2) is 37.0 Å². The van der Waals surface area contributed by atoms with Crippen LogP contribution in [0.2, 0.25) is 5.02 Å². The number of anilines is 1. The van der Waals surface area contributed by atoms with Gasteiger partial charge >= 0.3 is 0 Å². The maximum absolute atomic E-state index is 12.3. The fraction of sp³-hybridized carbons (Fsp3) is 0.588.